The Morgan fingerprint density at radius 3 is 1.29 bits per heavy atom. The SMILES string of the molecule is CCCCCCCC/C=C\CCCCCCCCC1=NCC(CCCCCCCC/C=C\CCCCCCCC)N1. The van der Waals surface area contributed by atoms with E-state index in [4.69, 9.17) is 4.99 Å². The van der Waals surface area contributed by atoms with Gasteiger partial charge in [-0.3, -0.25) is 4.99 Å². The molecule has 1 aliphatic rings. The van der Waals surface area contributed by atoms with Crippen LogP contribution in [0, 0.1) is 0 Å². The zero-order valence-corrected chi connectivity index (χ0v) is 28.3. The van der Waals surface area contributed by atoms with Gasteiger partial charge in [-0.25, -0.2) is 0 Å². The summed E-state index contributed by atoms with van der Waals surface area (Å²) >= 11 is 0. The molecule has 41 heavy (non-hydrogen) atoms. The highest BCUT2D eigenvalue weighted by molar-refractivity contribution is 5.83. The van der Waals surface area contributed by atoms with Crippen LogP contribution < -0.4 is 5.32 Å². The first-order valence-corrected chi connectivity index (χ1v) is 19.0. The van der Waals surface area contributed by atoms with Crippen molar-refractivity contribution >= 4 is 5.84 Å². The summed E-state index contributed by atoms with van der Waals surface area (Å²) in [5, 5.41) is 3.73. The molecule has 240 valence electrons. The first-order valence-electron chi connectivity index (χ1n) is 19.0. The molecule has 0 aromatic heterocycles. The lowest BCUT2D eigenvalue weighted by molar-refractivity contribution is 0.524. The molecule has 0 aromatic rings. The molecule has 0 bridgehead atoms. The minimum Gasteiger partial charge on any atom is -0.369 e. The predicted molar refractivity (Wildman–Crippen MR) is 187 cm³/mol. The smallest absolute Gasteiger partial charge is 0.0966 e. The van der Waals surface area contributed by atoms with E-state index in [1.54, 1.807) is 0 Å². The van der Waals surface area contributed by atoms with Crippen molar-refractivity contribution in [2.45, 2.75) is 213 Å². The van der Waals surface area contributed by atoms with Crippen molar-refractivity contribution in [3.63, 3.8) is 0 Å². The van der Waals surface area contributed by atoms with Gasteiger partial charge in [-0.15, -0.1) is 0 Å². The van der Waals surface area contributed by atoms with E-state index in [9.17, 15) is 0 Å². The lowest BCUT2D eigenvalue weighted by Crippen LogP contribution is -2.29. The average Bonchev–Trinajstić information content (AvgIpc) is 3.44. The summed E-state index contributed by atoms with van der Waals surface area (Å²) < 4.78 is 0. The minimum absolute atomic E-state index is 0.621. The van der Waals surface area contributed by atoms with Crippen LogP contribution in [-0.4, -0.2) is 18.4 Å². The summed E-state index contributed by atoms with van der Waals surface area (Å²) in [5.74, 6) is 1.30. The van der Waals surface area contributed by atoms with Crippen molar-refractivity contribution in [2.75, 3.05) is 6.54 Å². The number of nitrogens with zero attached hydrogens (tertiary/aromatic N) is 1. The second-order valence-electron chi connectivity index (χ2n) is 13.0. The highest BCUT2D eigenvalue weighted by Crippen LogP contribution is 2.15. The Labute approximate surface area is 259 Å². The lowest BCUT2D eigenvalue weighted by Gasteiger charge is -2.11. The highest BCUT2D eigenvalue weighted by atomic mass is 15.1. The van der Waals surface area contributed by atoms with Crippen molar-refractivity contribution in [3.8, 4) is 0 Å². The molecule has 0 fully saturated rings. The van der Waals surface area contributed by atoms with Crippen molar-refractivity contribution in [3.05, 3.63) is 24.3 Å². The molecule has 1 heterocycles. The Morgan fingerprint density at radius 2 is 0.854 bits per heavy atom. The van der Waals surface area contributed by atoms with E-state index >= 15 is 0 Å². The number of amidine groups is 1. The number of allylic oxidation sites excluding steroid dienone is 4. The highest BCUT2D eigenvalue weighted by Gasteiger charge is 2.16. The second kappa shape index (κ2) is 31.9. The van der Waals surface area contributed by atoms with E-state index in [1.165, 1.54) is 198 Å². The van der Waals surface area contributed by atoms with Crippen molar-refractivity contribution in [1.29, 1.82) is 0 Å². The molecule has 2 nitrogen and oxygen atoms in total. The van der Waals surface area contributed by atoms with E-state index in [2.05, 4.69) is 43.5 Å². The molecule has 0 aliphatic carbocycles. The zero-order valence-electron chi connectivity index (χ0n) is 28.3. The van der Waals surface area contributed by atoms with Crippen LogP contribution in [0.1, 0.15) is 206 Å². The Morgan fingerprint density at radius 1 is 0.488 bits per heavy atom. The van der Waals surface area contributed by atoms with Crippen molar-refractivity contribution < 1.29 is 0 Å². The third kappa shape index (κ3) is 27.5. The van der Waals surface area contributed by atoms with Gasteiger partial charge in [-0.1, -0.05) is 160 Å². The first kappa shape index (κ1) is 38.0. The monoisotopic (exact) mass is 571 g/mol. The zero-order chi connectivity index (χ0) is 29.3. The summed E-state index contributed by atoms with van der Waals surface area (Å²) in [6.45, 7) is 5.61. The average molecular weight is 571 g/mol. The van der Waals surface area contributed by atoms with Gasteiger partial charge in [0.2, 0.25) is 0 Å². The van der Waals surface area contributed by atoms with E-state index in [0.29, 0.717) is 6.04 Å². The van der Waals surface area contributed by atoms with Gasteiger partial charge in [0.05, 0.1) is 12.4 Å². The van der Waals surface area contributed by atoms with Crippen LogP contribution in [0.5, 0.6) is 0 Å². The number of hydrogen-bond donors (Lipinski definition) is 1. The van der Waals surface area contributed by atoms with Crippen LogP contribution >= 0.6 is 0 Å². The van der Waals surface area contributed by atoms with Gasteiger partial charge in [-0.05, 0) is 64.2 Å². The lowest BCUT2D eigenvalue weighted by atomic mass is 10.0. The number of nitrogens with one attached hydrogen (secondary N) is 1. The van der Waals surface area contributed by atoms with Crippen LogP contribution in [0.4, 0.5) is 0 Å². The Balaban J connectivity index is 1.77. The summed E-state index contributed by atoms with van der Waals surface area (Å²) in [5.41, 5.74) is 0. The maximum atomic E-state index is 4.81. The predicted octanol–water partition coefficient (Wildman–Crippen LogP) is 13.2. The summed E-state index contributed by atoms with van der Waals surface area (Å²) in [7, 11) is 0. The van der Waals surface area contributed by atoms with Crippen LogP contribution in [-0.2, 0) is 0 Å². The largest absolute Gasteiger partial charge is 0.369 e. The fourth-order valence-electron chi connectivity index (χ4n) is 6.04. The molecule has 0 spiro atoms. The fraction of sp³-hybridized carbons (Fsp3) is 0.872. The quantitative estimate of drug-likeness (QED) is 0.0631. The molecule has 1 rings (SSSR count). The van der Waals surface area contributed by atoms with E-state index in [-0.39, 0.29) is 0 Å². The van der Waals surface area contributed by atoms with Crippen LogP contribution in [0.2, 0.25) is 0 Å². The topological polar surface area (TPSA) is 24.4 Å². The van der Waals surface area contributed by atoms with Gasteiger partial charge in [0.1, 0.15) is 0 Å². The molecule has 0 saturated carbocycles. The Bertz CT molecular complexity index is 605. The number of unbranched alkanes of at least 4 members (excludes halogenated alkanes) is 24. The third-order valence-corrected chi connectivity index (χ3v) is 8.86. The molecule has 0 radical (unpaired) electrons. The van der Waals surface area contributed by atoms with Crippen LogP contribution in [0.25, 0.3) is 0 Å². The van der Waals surface area contributed by atoms with Gasteiger partial charge in [0.15, 0.2) is 0 Å². The first-order chi connectivity index (χ1) is 20.4. The van der Waals surface area contributed by atoms with Crippen LogP contribution in [0.3, 0.4) is 0 Å². The van der Waals surface area contributed by atoms with Gasteiger partial charge >= 0.3 is 0 Å². The van der Waals surface area contributed by atoms with Gasteiger partial charge in [0.25, 0.3) is 0 Å². The normalized spacial score (nSPS) is 15.4. The van der Waals surface area contributed by atoms with E-state index < -0.39 is 0 Å². The van der Waals surface area contributed by atoms with Gasteiger partial charge < -0.3 is 5.32 Å². The third-order valence-electron chi connectivity index (χ3n) is 8.86. The van der Waals surface area contributed by atoms with E-state index in [1.807, 2.05) is 0 Å². The molecule has 0 saturated heterocycles. The molecule has 1 N–H and O–H groups in total. The van der Waals surface area contributed by atoms with E-state index in [0.717, 1.165) is 6.54 Å². The molecular formula is C39H74N2. The van der Waals surface area contributed by atoms with Gasteiger partial charge in [0, 0.05) is 12.5 Å². The summed E-state index contributed by atoms with van der Waals surface area (Å²) in [6, 6.07) is 0.621. The molecule has 1 atom stereocenters. The molecular weight excluding hydrogens is 496 g/mol. The maximum Gasteiger partial charge on any atom is 0.0966 e. The summed E-state index contributed by atoms with van der Waals surface area (Å²) in [6.07, 6.45) is 50.9. The fourth-order valence-corrected chi connectivity index (χ4v) is 6.04. The number of rotatable bonds is 32. The summed E-state index contributed by atoms with van der Waals surface area (Å²) in [4.78, 5) is 4.81. The molecule has 0 amide bonds. The molecule has 1 unspecified atom stereocenters. The molecule has 2 heteroatoms. The number of hydrogen-bond acceptors (Lipinski definition) is 2. The maximum absolute atomic E-state index is 4.81. The standard InChI is InChI=1S/C39H74N2/c1-3-5-7-9-11-13-15-17-19-21-23-25-27-29-31-33-35-38-37-40-39(41-38)36-34-32-30-28-26-24-22-20-18-16-14-12-10-8-6-4-2/h17-20,38H,3-16,21-37H2,1-2H3,(H,40,41)/b19-17-,20-18-. The Hall–Kier alpha value is -1.05. The number of aliphatic imine (C=N–C) groups is 1. The van der Waals surface area contributed by atoms with Crippen molar-refractivity contribution in [1.82, 2.24) is 5.32 Å². The van der Waals surface area contributed by atoms with Crippen molar-refractivity contribution in [2.24, 2.45) is 4.99 Å². The Kier molecular flexibility index (Phi) is 29.5. The second-order valence-corrected chi connectivity index (χ2v) is 13.0. The molecule has 1 aliphatic heterocycles. The minimum atomic E-state index is 0.621. The van der Waals surface area contributed by atoms with Gasteiger partial charge in [-0.2, -0.15) is 0 Å². The molecule has 0 aromatic carbocycles. The van der Waals surface area contributed by atoms with Crippen LogP contribution in [0.15, 0.2) is 29.3 Å².